The maximum atomic E-state index is 13.6. The highest BCUT2D eigenvalue weighted by molar-refractivity contribution is 5.79. The Bertz CT molecular complexity index is 1600. The molecule has 0 radical (unpaired) electrons. The largest absolute Gasteiger partial charge is 0.466 e. The lowest BCUT2D eigenvalue weighted by atomic mass is 9.42. The number of esters is 1. The predicted molar refractivity (Wildman–Crippen MR) is 245 cm³/mol. The number of carbonyl (C=O) groups excluding carboxylic acids is 3. The van der Waals surface area contributed by atoms with Crippen LogP contribution >= 0.6 is 0 Å². The van der Waals surface area contributed by atoms with Crippen LogP contribution in [0.3, 0.4) is 0 Å². The minimum atomic E-state index is -0.352. The van der Waals surface area contributed by atoms with E-state index < -0.39 is 0 Å². The molecule has 7 aliphatic heterocycles. The third-order valence-corrected chi connectivity index (χ3v) is 21.5. The molecule has 0 aromatic rings. The summed E-state index contributed by atoms with van der Waals surface area (Å²) in [4.78, 5) is 40.2. The zero-order chi connectivity index (χ0) is 44.2. The van der Waals surface area contributed by atoms with E-state index in [2.05, 4.69) is 59.1 Å². The summed E-state index contributed by atoms with van der Waals surface area (Å²) in [5.74, 6) is 4.92. The minimum Gasteiger partial charge on any atom is -0.466 e. The normalized spacial score (nSPS) is 50.9. The van der Waals surface area contributed by atoms with Crippen molar-refractivity contribution >= 4 is 17.8 Å². The Labute approximate surface area is 376 Å². The van der Waals surface area contributed by atoms with Gasteiger partial charge in [0.15, 0.2) is 0 Å². The van der Waals surface area contributed by atoms with Crippen LogP contribution in [0.4, 0.5) is 0 Å². The molecule has 14 rings (SSSR count). The molecule has 8 heteroatoms. The molecule has 2 amide bonds. The maximum absolute atomic E-state index is 13.6. The van der Waals surface area contributed by atoms with Gasteiger partial charge in [-0.1, -0.05) is 61.3 Å². The van der Waals surface area contributed by atoms with Crippen LogP contribution in [0, 0.1) is 86.8 Å². The topological polar surface area (TPSA) is 125 Å². The summed E-state index contributed by atoms with van der Waals surface area (Å²) in [7, 11) is 0. The van der Waals surface area contributed by atoms with Gasteiger partial charge in [0, 0.05) is 31.3 Å². The average molecular weight is 863 g/mol. The molecule has 62 heavy (non-hydrogen) atoms. The Hall–Kier alpha value is -1.67. The summed E-state index contributed by atoms with van der Waals surface area (Å²) in [6.07, 6.45) is 22.3. The Balaban J connectivity index is 0.972. The van der Waals surface area contributed by atoms with Crippen molar-refractivity contribution in [2.75, 3.05) is 6.61 Å². The molecule has 7 saturated heterocycles. The zero-order valence-electron chi connectivity index (χ0n) is 40.4. The van der Waals surface area contributed by atoms with Crippen LogP contribution in [0.15, 0.2) is 0 Å². The van der Waals surface area contributed by atoms with E-state index in [4.69, 9.17) is 4.74 Å². The van der Waals surface area contributed by atoms with Gasteiger partial charge in [-0.25, -0.2) is 0 Å². The van der Waals surface area contributed by atoms with E-state index in [0.29, 0.717) is 91.5 Å². The number of carbonyl (C=O) groups is 3. The van der Waals surface area contributed by atoms with E-state index >= 15 is 0 Å². The van der Waals surface area contributed by atoms with Gasteiger partial charge in [-0.15, -0.1) is 0 Å². The Morgan fingerprint density at radius 3 is 2.06 bits per heavy atom. The molecule has 352 valence electrons. The molecule has 14 aliphatic rings. The van der Waals surface area contributed by atoms with E-state index in [0.717, 1.165) is 89.9 Å². The van der Waals surface area contributed by atoms with Crippen molar-refractivity contribution in [3.05, 3.63) is 0 Å². The second-order valence-corrected chi connectivity index (χ2v) is 24.9. The van der Waals surface area contributed by atoms with Crippen molar-refractivity contribution in [3.8, 4) is 0 Å². The summed E-state index contributed by atoms with van der Waals surface area (Å²) < 4.78 is 5.92. The van der Waals surface area contributed by atoms with Gasteiger partial charge >= 0.3 is 5.97 Å². The third-order valence-electron chi connectivity index (χ3n) is 21.5. The van der Waals surface area contributed by atoms with Gasteiger partial charge in [0.2, 0.25) is 11.8 Å². The second-order valence-electron chi connectivity index (χ2n) is 24.9. The van der Waals surface area contributed by atoms with E-state index in [1.807, 2.05) is 0 Å². The van der Waals surface area contributed by atoms with Gasteiger partial charge in [0.05, 0.1) is 18.8 Å². The van der Waals surface area contributed by atoms with Crippen LogP contribution in [0.25, 0.3) is 0 Å². The van der Waals surface area contributed by atoms with Crippen molar-refractivity contribution in [2.24, 2.45) is 86.8 Å². The molecule has 14 bridgehead atoms. The first kappa shape index (κ1) is 46.8. The van der Waals surface area contributed by atoms with Crippen molar-refractivity contribution in [3.63, 3.8) is 0 Å². The van der Waals surface area contributed by atoms with Crippen LogP contribution in [-0.2, 0) is 19.1 Å². The zero-order valence-corrected chi connectivity index (χ0v) is 40.4. The molecule has 3 unspecified atom stereocenters. The van der Waals surface area contributed by atoms with Crippen LogP contribution in [0.1, 0.15) is 203 Å². The second kappa shape index (κ2) is 18.5. The fourth-order valence-corrected chi connectivity index (χ4v) is 18.5. The molecular weight excluding hydrogens is 773 g/mol. The van der Waals surface area contributed by atoms with E-state index in [9.17, 15) is 24.6 Å². The predicted octanol–water partition coefficient (Wildman–Crippen LogP) is 10.6. The smallest absolute Gasteiger partial charge is 0.305 e. The summed E-state index contributed by atoms with van der Waals surface area (Å²) in [5.41, 5.74) is 0.655. The van der Waals surface area contributed by atoms with Crippen molar-refractivity contribution < 1.29 is 29.3 Å². The number of aliphatic hydroxyl groups excluding tert-OH is 2. The monoisotopic (exact) mass is 863 g/mol. The third kappa shape index (κ3) is 8.71. The summed E-state index contributed by atoms with van der Waals surface area (Å²) in [5, 5.41) is 31.1. The number of hydrogen-bond donors (Lipinski definition) is 4. The minimum absolute atomic E-state index is 0.0427. The fourth-order valence-electron chi connectivity index (χ4n) is 18.5. The highest BCUT2D eigenvalue weighted by atomic mass is 16.5. The van der Waals surface area contributed by atoms with Crippen molar-refractivity contribution in [1.82, 2.24) is 10.6 Å². The highest BCUT2D eigenvalue weighted by Crippen LogP contribution is 2.69. The number of ether oxygens (including phenoxy) is 1. The van der Waals surface area contributed by atoms with E-state index in [1.54, 1.807) is 0 Å². The van der Waals surface area contributed by atoms with Gasteiger partial charge in [0.1, 0.15) is 0 Å². The Kier molecular flexibility index (Phi) is 14.0. The lowest BCUT2D eigenvalue weighted by Crippen LogP contribution is -2.62. The van der Waals surface area contributed by atoms with Crippen LogP contribution in [-0.4, -0.2) is 58.9 Å². The number of amides is 2. The van der Waals surface area contributed by atoms with Gasteiger partial charge in [-0.05, 0) is 209 Å². The van der Waals surface area contributed by atoms with Crippen LogP contribution in [0.5, 0.6) is 0 Å². The molecule has 4 N–H and O–H groups in total. The Morgan fingerprint density at radius 2 is 1.29 bits per heavy atom. The maximum Gasteiger partial charge on any atom is 0.305 e. The van der Waals surface area contributed by atoms with Crippen LogP contribution < -0.4 is 10.6 Å². The van der Waals surface area contributed by atoms with Gasteiger partial charge in [0.25, 0.3) is 0 Å². The number of hydrogen-bond acceptors (Lipinski definition) is 6. The Morgan fingerprint density at radius 1 is 0.629 bits per heavy atom. The molecule has 0 spiro atoms. The van der Waals surface area contributed by atoms with Crippen LogP contribution in [0.2, 0.25) is 0 Å². The lowest BCUT2D eigenvalue weighted by Gasteiger charge is -2.64. The first-order valence-corrected chi connectivity index (χ1v) is 26.6. The van der Waals surface area contributed by atoms with E-state index in [-0.39, 0.29) is 69.7 Å². The lowest BCUT2D eigenvalue weighted by molar-refractivity contribution is -0.175. The molecule has 0 aromatic heterocycles. The van der Waals surface area contributed by atoms with E-state index in [1.165, 1.54) is 38.5 Å². The quantitative estimate of drug-likeness (QED) is 0.205. The SMILES string of the molecule is CCC[C@H]1[C@@H]2[C@@H](O)CC3C4CCC[C@]3(C)[C@H]2CC[C@]1(C)C[C@H](C)CCCOC(=O)CC[C@@H](C)[C@H]1CC[C@H]2[C@@H]3[C@@H](O)CC5C[C@@H](CC[C@]5(C)[C@H]3CC[C@]12C)NC(=O)CCCC(=O)N4. The molecule has 14 fully saturated rings. The standard InChI is InChI=1S/C54H90N2O6/c1-8-12-38-49-41-22-25-51(38,4)32-33(2)13-11-28-62-48(61)20-17-34(3)37-18-19-39-50-40(23-27-54(37,39)7)52(5)26-21-36(29-35(52)30-44(50)57)55-46(59)15-9-16-47(60)56-43-14-10-24-53(41,6)42(43)31-45(49)58/h33-45,49-50,57-58H,8-32H2,1-7H3,(H,55,59)(H,56,60)/t33-,34-,35?,36-,37-,38+,39+,40+,41+,42?,43?,44+,45+,49+,50+,51-,52+,53-,54-/m1/s1. The highest BCUT2D eigenvalue weighted by Gasteiger charge is 2.64. The molecule has 7 aliphatic carbocycles. The molecule has 0 aromatic carbocycles. The fraction of sp³-hybridized carbons (Fsp3) is 0.944. The van der Waals surface area contributed by atoms with Crippen molar-refractivity contribution in [1.29, 1.82) is 0 Å². The summed E-state index contributed by atoms with van der Waals surface area (Å²) in [6.45, 7) is 17.7. The first-order valence-electron chi connectivity index (χ1n) is 26.6. The molecule has 19 atom stereocenters. The van der Waals surface area contributed by atoms with Gasteiger partial charge in [-0.2, -0.15) is 0 Å². The molecule has 7 heterocycles. The number of rotatable bonds is 2. The van der Waals surface area contributed by atoms with Gasteiger partial charge < -0.3 is 25.6 Å². The first-order chi connectivity index (χ1) is 29.5. The molecule has 7 saturated carbocycles. The summed E-state index contributed by atoms with van der Waals surface area (Å²) >= 11 is 0. The molecular formula is C54H90N2O6. The number of aliphatic hydroxyl groups is 2. The number of nitrogens with one attached hydrogen (secondary N) is 2. The summed E-state index contributed by atoms with van der Waals surface area (Å²) in [6, 6.07) is 0.211. The van der Waals surface area contributed by atoms with Gasteiger partial charge in [-0.3, -0.25) is 14.4 Å². The average Bonchev–Trinajstić information content (AvgIpc) is 3.57. The molecule has 8 nitrogen and oxygen atoms in total. The van der Waals surface area contributed by atoms with Crippen molar-refractivity contribution in [2.45, 2.75) is 227 Å².